The lowest BCUT2D eigenvalue weighted by Crippen LogP contribution is -2.28. The molecule has 122 valence electrons. The normalized spacial score (nSPS) is 10.4. The fraction of sp³-hybridized carbons (Fsp3) is 0.267. The Morgan fingerprint density at radius 2 is 2.09 bits per heavy atom. The van der Waals surface area contributed by atoms with Gasteiger partial charge in [-0.2, -0.15) is 0 Å². The van der Waals surface area contributed by atoms with Crippen LogP contribution in [0.15, 0.2) is 24.3 Å². The van der Waals surface area contributed by atoms with Crippen molar-refractivity contribution in [3.63, 3.8) is 0 Å². The number of halogens is 2. The lowest BCUT2D eigenvalue weighted by atomic mass is 10.3. The summed E-state index contributed by atoms with van der Waals surface area (Å²) in [7, 11) is 1.57. The van der Waals surface area contributed by atoms with E-state index in [-0.39, 0.29) is 11.6 Å². The molecule has 2 aromatic rings. The number of benzene rings is 1. The van der Waals surface area contributed by atoms with E-state index < -0.39 is 0 Å². The fourth-order valence-corrected chi connectivity index (χ4v) is 2.19. The molecule has 8 heteroatoms. The third kappa shape index (κ3) is 4.79. The smallest absolute Gasteiger partial charge is 0.270 e. The highest BCUT2D eigenvalue weighted by atomic mass is 35.5. The van der Waals surface area contributed by atoms with Crippen LogP contribution < -0.4 is 10.6 Å². The molecule has 0 saturated heterocycles. The Morgan fingerprint density at radius 3 is 2.83 bits per heavy atom. The maximum absolute atomic E-state index is 12.1. The number of hydrogen-bond acceptors (Lipinski definition) is 5. The van der Waals surface area contributed by atoms with Crippen molar-refractivity contribution in [3.8, 4) is 0 Å². The molecule has 0 atom stereocenters. The minimum Gasteiger partial charge on any atom is -0.383 e. The third-order valence-corrected chi connectivity index (χ3v) is 3.70. The summed E-state index contributed by atoms with van der Waals surface area (Å²) in [6.45, 7) is 2.54. The van der Waals surface area contributed by atoms with Crippen LogP contribution in [0.5, 0.6) is 0 Å². The molecule has 2 rings (SSSR count). The highest BCUT2D eigenvalue weighted by Gasteiger charge is 2.11. The molecule has 1 heterocycles. The molecule has 1 amide bonds. The summed E-state index contributed by atoms with van der Waals surface area (Å²) in [5.41, 5.74) is 0.859. The van der Waals surface area contributed by atoms with Gasteiger partial charge in [0.2, 0.25) is 0 Å². The fourth-order valence-electron chi connectivity index (χ4n) is 1.84. The number of carbonyl (C=O) groups excluding carboxylic acids is 1. The second kappa shape index (κ2) is 8.10. The van der Waals surface area contributed by atoms with E-state index in [0.717, 1.165) is 0 Å². The Hall–Kier alpha value is -1.89. The lowest BCUT2D eigenvalue weighted by molar-refractivity contribution is 0.0932. The number of methoxy groups -OCH3 is 1. The molecule has 0 saturated carbocycles. The molecular weight excluding hydrogens is 339 g/mol. The standard InChI is InChI=1S/C15H16Cl2N4O2/c1-9-19-12(15(22)18-6-7-23-2)8-13(20-9)21-11-5-3-4-10(16)14(11)17/h3-5,8H,6-7H2,1-2H3,(H,18,22)(H,19,20,21). The van der Waals surface area contributed by atoms with E-state index in [1.165, 1.54) is 0 Å². The number of carbonyl (C=O) groups is 1. The van der Waals surface area contributed by atoms with Gasteiger partial charge in [-0.15, -0.1) is 0 Å². The van der Waals surface area contributed by atoms with Gasteiger partial charge in [0.15, 0.2) is 0 Å². The van der Waals surface area contributed by atoms with E-state index in [4.69, 9.17) is 27.9 Å². The number of amides is 1. The van der Waals surface area contributed by atoms with Gasteiger partial charge in [-0.05, 0) is 19.1 Å². The molecule has 0 fully saturated rings. The highest BCUT2D eigenvalue weighted by Crippen LogP contribution is 2.31. The zero-order valence-electron chi connectivity index (χ0n) is 12.7. The Kier molecular flexibility index (Phi) is 6.15. The van der Waals surface area contributed by atoms with Crippen molar-refractivity contribution in [2.75, 3.05) is 25.6 Å². The quantitative estimate of drug-likeness (QED) is 0.779. The van der Waals surface area contributed by atoms with Crippen molar-refractivity contribution in [2.24, 2.45) is 0 Å². The first-order chi connectivity index (χ1) is 11.0. The molecule has 0 aliphatic carbocycles. The van der Waals surface area contributed by atoms with Gasteiger partial charge in [0.1, 0.15) is 17.3 Å². The van der Waals surface area contributed by atoms with Gasteiger partial charge in [-0.3, -0.25) is 4.79 Å². The molecule has 1 aromatic carbocycles. The summed E-state index contributed by atoms with van der Waals surface area (Å²) in [6, 6.07) is 6.77. The molecule has 0 aliphatic rings. The minimum absolute atomic E-state index is 0.259. The van der Waals surface area contributed by atoms with Crippen molar-refractivity contribution < 1.29 is 9.53 Å². The summed E-state index contributed by atoms with van der Waals surface area (Å²) < 4.78 is 4.89. The van der Waals surface area contributed by atoms with Crippen LogP contribution >= 0.6 is 23.2 Å². The predicted octanol–water partition coefficient (Wildman–Crippen LogP) is 3.21. The predicted molar refractivity (Wildman–Crippen MR) is 90.7 cm³/mol. The van der Waals surface area contributed by atoms with Gasteiger partial charge in [0.05, 0.1) is 22.3 Å². The zero-order valence-corrected chi connectivity index (χ0v) is 14.2. The molecule has 6 nitrogen and oxygen atoms in total. The number of hydrogen-bond donors (Lipinski definition) is 2. The average Bonchev–Trinajstić information content (AvgIpc) is 2.51. The van der Waals surface area contributed by atoms with Crippen molar-refractivity contribution in [3.05, 3.63) is 45.8 Å². The first kappa shape index (κ1) is 17.5. The van der Waals surface area contributed by atoms with Gasteiger partial charge in [-0.25, -0.2) is 9.97 Å². The van der Waals surface area contributed by atoms with Gasteiger partial charge in [0, 0.05) is 19.7 Å². The van der Waals surface area contributed by atoms with Gasteiger partial charge < -0.3 is 15.4 Å². The van der Waals surface area contributed by atoms with E-state index in [1.54, 1.807) is 38.3 Å². The van der Waals surface area contributed by atoms with E-state index in [0.29, 0.717) is 40.5 Å². The molecule has 0 bridgehead atoms. The van der Waals surface area contributed by atoms with E-state index >= 15 is 0 Å². The van der Waals surface area contributed by atoms with E-state index in [1.807, 2.05) is 0 Å². The van der Waals surface area contributed by atoms with Crippen LogP contribution in [-0.4, -0.2) is 36.1 Å². The monoisotopic (exact) mass is 354 g/mol. The Balaban J connectivity index is 2.20. The van der Waals surface area contributed by atoms with Crippen molar-refractivity contribution in [2.45, 2.75) is 6.92 Å². The highest BCUT2D eigenvalue weighted by molar-refractivity contribution is 6.43. The second-order valence-corrected chi connectivity index (χ2v) is 5.45. The van der Waals surface area contributed by atoms with Crippen LogP contribution in [0.25, 0.3) is 0 Å². The summed E-state index contributed by atoms with van der Waals surface area (Å²) in [4.78, 5) is 20.4. The first-order valence-electron chi connectivity index (χ1n) is 6.85. The lowest BCUT2D eigenvalue weighted by Gasteiger charge is -2.11. The molecule has 0 aliphatic heterocycles. The number of aryl methyl sites for hydroxylation is 1. The van der Waals surface area contributed by atoms with Gasteiger partial charge in [0.25, 0.3) is 5.91 Å². The Morgan fingerprint density at radius 1 is 1.30 bits per heavy atom. The van der Waals surface area contributed by atoms with Crippen molar-refractivity contribution in [1.29, 1.82) is 0 Å². The summed E-state index contributed by atoms with van der Waals surface area (Å²) in [5, 5.41) is 6.57. The first-order valence-corrected chi connectivity index (χ1v) is 7.60. The topological polar surface area (TPSA) is 76.1 Å². The molecule has 0 spiro atoms. The maximum Gasteiger partial charge on any atom is 0.270 e. The van der Waals surface area contributed by atoms with Gasteiger partial charge in [-0.1, -0.05) is 29.3 Å². The Bertz CT molecular complexity index is 710. The van der Waals surface area contributed by atoms with Crippen molar-refractivity contribution in [1.82, 2.24) is 15.3 Å². The molecule has 0 unspecified atom stereocenters. The van der Waals surface area contributed by atoms with E-state index in [9.17, 15) is 4.79 Å². The third-order valence-electron chi connectivity index (χ3n) is 2.88. The molecule has 0 radical (unpaired) electrons. The van der Waals surface area contributed by atoms with Crippen LogP contribution in [-0.2, 0) is 4.74 Å². The number of rotatable bonds is 6. The molecule has 23 heavy (non-hydrogen) atoms. The van der Waals surface area contributed by atoms with Crippen molar-refractivity contribution >= 4 is 40.6 Å². The van der Waals surface area contributed by atoms with Crippen LogP contribution in [0.3, 0.4) is 0 Å². The molecule has 2 N–H and O–H groups in total. The number of nitrogens with one attached hydrogen (secondary N) is 2. The number of aromatic nitrogens is 2. The number of nitrogens with zero attached hydrogens (tertiary/aromatic N) is 2. The van der Waals surface area contributed by atoms with Crippen LogP contribution in [0.4, 0.5) is 11.5 Å². The van der Waals surface area contributed by atoms with E-state index in [2.05, 4.69) is 20.6 Å². The van der Waals surface area contributed by atoms with Gasteiger partial charge >= 0.3 is 0 Å². The molecular formula is C15H16Cl2N4O2. The maximum atomic E-state index is 12.1. The Labute approximate surface area is 144 Å². The number of ether oxygens (including phenoxy) is 1. The van der Waals surface area contributed by atoms with Crippen LogP contribution in [0.1, 0.15) is 16.3 Å². The second-order valence-electron chi connectivity index (χ2n) is 4.66. The summed E-state index contributed by atoms with van der Waals surface area (Å²) in [5.74, 6) is 0.622. The minimum atomic E-state index is -0.298. The molecule has 1 aromatic heterocycles. The average molecular weight is 355 g/mol. The SMILES string of the molecule is COCCNC(=O)c1cc(Nc2cccc(Cl)c2Cl)nc(C)n1. The van der Waals surface area contributed by atoms with Crippen LogP contribution in [0.2, 0.25) is 10.0 Å². The summed E-state index contributed by atoms with van der Waals surface area (Å²) >= 11 is 12.1. The zero-order chi connectivity index (χ0) is 16.8. The van der Waals surface area contributed by atoms with Crippen LogP contribution in [0, 0.1) is 6.92 Å². The number of anilines is 2. The summed E-state index contributed by atoms with van der Waals surface area (Å²) in [6.07, 6.45) is 0. The largest absolute Gasteiger partial charge is 0.383 e.